The predicted molar refractivity (Wildman–Crippen MR) is 122 cm³/mol. The van der Waals surface area contributed by atoms with E-state index in [-0.39, 0.29) is 4.90 Å². The van der Waals surface area contributed by atoms with E-state index in [9.17, 15) is 8.42 Å². The second-order valence-electron chi connectivity index (χ2n) is 7.10. The van der Waals surface area contributed by atoms with Gasteiger partial charge in [-0.3, -0.25) is 0 Å². The molecule has 0 saturated carbocycles. The molecule has 4 aromatic rings. The predicted octanol–water partition coefficient (Wildman–Crippen LogP) is 4.75. The smallest absolute Gasteiger partial charge is 0.243 e. The number of morpholine rings is 1. The molecule has 2 aromatic carbocycles. The molecule has 1 aliphatic heterocycles. The summed E-state index contributed by atoms with van der Waals surface area (Å²) in [5, 5.41) is 0.914. The maximum atomic E-state index is 12.8. The zero-order chi connectivity index (χ0) is 21.3. The average molecular weight is 453 g/mol. The number of para-hydroxylation sites is 1. The zero-order valence-electron chi connectivity index (χ0n) is 16.6. The van der Waals surface area contributed by atoms with Crippen molar-refractivity contribution in [2.24, 2.45) is 0 Å². The van der Waals surface area contributed by atoms with E-state index in [0.29, 0.717) is 37.8 Å². The van der Waals surface area contributed by atoms with Crippen LogP contribution < -0.4 is 0 Å². The minimum Gasteiger partial charge on any atom is -0.457 e. The van der Waals surface area contributed by atoms with E-state index in [0.717, 1.165) is 20.8 Å². The van der Waals surface area contributed by atoms with Gasteiger partial charge in [0.05, 0.1) is 28.3 Å². The van der Waals surface area contributed by atoms with Crippen LogP contribution in [0.4, 0.5) is 0 Å². The van der Waals surface area contributed by atoms with Gasteiger partial charge in [0.25, 0.3) is 0 Å². The Morgan fingerprint density at radius 2 is 1.71 bits per heavy atom. The molecule has 1 aliphatic rings. The van der Waals surface area contributed by atoms with Crippen LogP contribution in [0.15, 0.2) is 70.0 Å². The molecule has 0 bridgehead atoms. The Morgan fingerprint density at radius 1 is 0.935 bits per heavy atom. The summed E-state index contributed by atoms with van der Waals surface area (Å²) in [6.45, 7) is 1.62. The lowest BCUT2D eigenvalue weighted by Gasteiger charge is -2.26. The van der Waals surface area contributed by atoms with Gasteiger partial charge in [0.1, 0.15) is 16.5 Å². The van der Waals surface area contributed by atoms with E-state index in [4.69, 9.17) is 9.15 Å². The highest BCUT2D eigenvalue weighted by atomic mass is 32.2. The highest BCUT2D eigenvalue weighted by molar-refractivity contribution is 7.89. The molecular weight excluding hydrogens is 432 g/mol. The first-order valence-corrected chi connectivity index (χ1v) is 12.2. The molecule has 0 atom stereocenters. The Morgan fingerprint density at radius 3 is 2.48 bits per heavy atom. The fourth-order valence-electron chi connectivity index (χ4n) is 3.44. The van der Waals surface area contributed by atoms with Crippen LogP contribution in [0.5, 0.6) is 0 Å². The fraction of sp³-hybridized carbons (Fsp3) is 0.174. The van der Waals surface area contributed by atoms with Gasteiger partial charge >= 0.3 is 0 Å². The lowest BCUT2D eigenvalue weighted by Crippen LogP contribution is -2.40. The van der Waals surface area contributed by atoms with E-state index >= 15 is 0 Å². The normalized spacial score (nSPS) is 15.7. The molecule has 31 heavy (non-hydrogen) atoms. The van der Waals surface area contributed by atoms with E-state index in [1.807, 2.05) is 42.5 Å². The largest absolute Gasteiger partial charge is 0.457 e. The number of rotatable bonds is 5. The molecular formula is C23H20N2O4S2. The Bertz CT molecular complexity index is 1300. The molecule has 3 heterocycles. The lowest BCUT2D eigenvalue weighted by atomic mass is 10.2. The third-order valence-electron chi connectivity index (χ3n) is 5.07. The molecule has 0 spiro atoms. The first-order valence-electron chi connectivity index (χ1n) is 9.91. The second-order valence-corrected chi connectivity index (χ2v) is 10.1. The van der Waals surface area contributed by atoms with Gasteiger partial charge in [-0.05, 0) is 60.7 Å². The van der Waals surface area contributed by atoms with E-state index in [1.54, 1.807) is 35.6 Å². The molecule has 1 fully saturated rings. The van der Waals surface area contributed by atoms with Gasteiger partial charge in [-0.2, -0.15) is 4.31 Å². The van der Waals surface area contributed by atoms with Crippen LogP contribution in [0, 0.1) is 0 Å². The number of benzene rings is 2. The van der Waals surface area contributed by atoms with Crippen LogP contribution in [0.25, 0.3) is 33.7 Å². The first-order chi connectivity index (χ1) is 15.1. The number of aromatic nitrogens is 1. The molecule has 5 rings (SSSR count). The number of ether oxygens (including phenoxy) is 1. The number of sulfonamides is 1. The zero-order valence-corrected chi connectivity index (χ0v) is 18.2. The lowest BCUT2D eigenvalue weighted by molar-refractivity contribution is 0.0730. The Labute approximate surface area is 184 Å². The van der Waals surface area contributed by atoms with E-state index in [1.165, 1.54) is 4.31 Å². The van der Waals surface area contributed by atoms with Crippen molar-refractivity contribution in [1.82, 2.24) is 9.29 Å². The number of nitrogens with zero attached hydrogens (tertiary/aromatic N) is 2. The minimum absolute atomic E-state index is 0.278. The summed E-state index contributed by atoms with van der Waals surface area (Å²) in [4.78, 5) is 4.86. The van der Waals surface area contributed by atoms with Crippen LogP contribution in [-0.4, -0.2) is 44.0 Å². The molecule has 2 aromatic heterocycles. The molecule has 0 unspecified atom stereocenters. The molecule has 6 nitrogen and oxygen atoms in total. The van der Waals surface area contributed by atoms with Gasteiger partial charge in [0, 0.05) is 18.7 Å². The van der Waals surface area contributed by atoms with Gasteiger partial charge in [0.15, 0.2) is 0 Å². The average Bonchev–Trinajstić information content (AvgIpc) is 3.45. The monoisotopic (exact) mass is 452 g/mol. The quantitative estimate of drug-likeness (QED) is 0.437. The number of hydrogen-bond acceptors (Lipinski definition) is 6. The van der Waals surface area contributed by atoms with Gasteiger partial charge in [0.2, 0.25) is 10.0 Å². The van der Waals surface area contributed by atoms with Crippen LogP contribution in [0.3, 0.4) is 0 Å². The Hall–Kier alpha value is -2.78. The summed E-state index contributed by atoms with van der Waals surface area (Å²) >= 11 is 1.63. The number of fused-ring (bicyclic) bond motifs is 1. The third kappa shape index (κ3) is 4.20. The van der Waals surface area contributed by atoms with Crippen LogP contribution in [0.1, 0.15) is 10.8 Å². The van der Waals surface area contributed by atoms with Crippen LogP contribution in [-0.2, 0) is 14.8 Å². The van der Waals surface area contributed by atoms with Crippen molar-refractivity contribution >= 4 is 43.7 Å². The maximum absolute atomic E-state index is 12.8. The fourth-order valence-corrected chi connectivity index (χ4v) is 5.72. The molecule has 0 amide bonds. The van der Waals surface area contributed by atoms with Crippen LogP contribution in [0.2, 0.25) is 0 Å². The van der Waals surface area contributed by atoms with E-state index < -0.39 is 10.0 Å². The van der Waals surface area contributed by atoms with Crippen molar-refractivity contribution in [2.75, 3.05) is 26.3 Å². The standard InChI is InChI=1S/C23H20N2O4S2/c26-31(27,25-13-15-28-16-14-25)19-9-5-17(6-10-19)21-11-7-18(29-21)8-12-23-24-20-3-1-2-4-22(20)30-23/h1-12H,13-16H2. The first kappa shape index (κ1) is 20.1. The van der Waals surface area contributed by atoms with Crippen molar-refractivity contribution < 1.29 is 17.6 Å². The highest BCUT2D eigenvalue weighted by Crippen LogP contribution is 2.27. The molecule has 0 aliphatic carbocycles. The Balaban J connectivity index is 1.32. The van der Waals surface area contributed by atoms with Crippen molar-refractivity contribution in [1.29, 1.82) is 0 Å². The van der Waals surface area contributed by atoms with Gasteiger partial charge in [-0.25, -0.2) is 13.4 Å². The summed E-state index contributed by atoms with van der Waals surface area (Å²) < 4.78 is 39.3. The summed E-state index contributed by atoms with van der Waals surface area (Å²) in [5.41, 5.74) is 1.81. The molecule has 158 valence electrons. The molecule has 0 radical (unpaired) electrons. The van der Waals surface area contributed by atoms with Crippen molar-refractivity contribution in [3.63, 3.8) is 0 Å². The summed E-state index contributed by atoms with van der Waals surface area (Å²) in [7, 11) is -3.50. The molecule has 0 N–H and O–H groups in total. The minimum atomic E-state index is -3.50. The summed E-state index contributed by atoms with van der Waals surface area (Å²) in [5.74, 6) is 1.39. The maximum Gasteiger partial charge on any atom is 0.243 e. The van der Waals surface area contributed by atoms with E-state index in [2.05, 4.69) is 11.1 Å². The number of thiazole rings is 1. The second kappa shape index (κ2) is 8.39. The SMILES string of the molecule is O=S(=O)(c1ccc(-c2ccc(C=Cc3nc4ccccc4s3)o2)cc1)N1CCOCC1. The summed E-state index contributed by atoms with van der Waals surface area (Å²) in [6.07, 6.45) is 3.82. The highest BCUT2D eigenvalue weighted by Gasteiger charge is 2.26. The topological polar surface area (TPSA) is 72.6 Å². The Kier molecular flexibility index (Phi) is 5.45. The van der Waals surface area contributed by atoms with Crippen molar-refractivity contribution in [3.8, 4) is 11.3 Å². The summed E-state index contributed by atoms with van der Waals surface area (Å²) in [6, 6.07) is 18.6. The van der Waals surface area contributed by atoms with Crippen molar-refractivity contribution in [2.45, 2.75) is 4.90 Å². The van der Waals surface area contributed by atoms with Gasteiger partial charge in [-0.15, -0.1) is 11.3 Å². The third-order valence-corrected chi connectivity index (χ3v) is 7.99. The van der Waals surface area contributed by atoms with Crippen LogP contribution >= 0.6 is 11.3 Å². The molecule has 8 heteroatoms. The number of hydrogen-bond donors (Lipinski definition) is 0. The number of furan rings is 1. The molecule has 1 saturated heterocycles. The van der Waals surface area contributed by atoms with Gasteiger partial charge < -0.3 is 9.15 Å². The van der Waals surface area contributed by atoms with Crippen molar-refractivity contribution in [3.05, 3.63) is 71.4 Å². The van der Waals surface area contributed by atoms with Gasteiger partial charge in [-0.1, -0.05) is 12.1 Å².